The van der Waals surface area contributed by atoms with Gasteiger partial charge in [0.2, 0.25) is 5.78 Å². The van der Waals surface area contributed by atoms with Gasteiger partial charge in [-0.2, -0.15) is 9.61 Å². The standard InChI is InChI=1S/C14H16BrN5/c1-19-12(8-7-10-5-3-2-4-6-10)18-20-13(15)11(9-16)17-14(19)20/h2-6H,7-9,16H2,1H3. The molecule has 0 saturated carbocycles. The van der Waals surface area contributed by atoms with Gasteiger partial charge in [0.15, 0.2) is 0 Å². The molecule has 0 radical (unpaired) electrons. The summed E-state index contributed by atoms with van der Waals surface area (Å²) >= 11 is 3.50. The Kier molecular flexibility index (Phi) is 3.58. The summed E-state index contributed by atoms with van der Waals surface area (Å²) < 4.78 is 4.67. The van der Waals surface area contributed by atoms with Crippen LogP contribution in [0.25, 0.3) is 5.78 Å². The lowest BCUT2D eigenvalue weighted by molar-refractivity contribution is 0.764. The highest BCUT2D eigenvalue weighted by molar-refractivity contribution is 9.10. The number of aryl methyl sites for hydroxylation is 3. The van der Waals surface area contributed by atoms with Crippen molar-refractivity contribution in [3.8, 4) is 0 Å². The smallest absolute Gasteiger partial charge is 0.233 e. The van der Waals surface area contributed by atoms with Crippen molar-refractivity contribution in [1.82, 2.24) is 19.2 Å². The van der Waals surface area contributed by atoms with Crippen LogP contribution in [0.5, 0.6) is 0 Å². The fourth-order valence-electron chi connectivity index (χ4n) is 2.28. The van der Waals surface area contributed by atoms with E-state index in [2.05, 4.69) is 50.3 Å². The minimum absolute atomic E-state index is 0.406. The topological polar surface area (TPSA) is 61.1 Å². The molecule has 1 aromatic carbocycles. The minimum atomic E-state index is 0.406. The third-order valence-corrected chi connectivity index (χ3v) is 4.22. The van der Waals surface area contributed by atoms with Crippen molar-refractivity contribution in [2.45, 2.75) is 19.4 Å². The second kappa shape index (κ2) is 5.38. The molecule has 104 valence electrons. The molecule has 0 saturated heterocycles. The van der Waals surface area contributed by atoms with Crippen LogP contribution in [-0.4, -0.2) is 19.2 Å². The fraction of sp³-hybridized carbons (Fsp3) is 0.286. The Morgan fingerprint density at radius 1 is 1.20 bits per heavy atom. The number of nitrogens with two attached hydrogens (primary N) is 1. The van der Waals surface area contributed by atoms with Gasteiger partial charge < -0.3 is 5.73 Å². The Bertz CT molecular complexity index is 729. The second-order valence-corrected chi connectivity index (χ2v) is 5.48. The number of rotatable bonds is 4. The van der Waals surface area contributed by atoms with Crippen molar-refractivity contribution < 1.29 is 0 Å². The van der Waals surface area contributed by atoms with E-state index in [1.807, 2.05) is 22.2 Å². The number of fused-ring (bicyclic) bond motifs is 1. The van der Waals surface area contributed by atoms with E-state index in [1.165, 1.54) is 5.56 Å². The molecule has 6 heteroatoms. The zero-order chi connectivity index (χ0) is 14.1. The van der Waals surface area contributed by atoms with Crippen LogP contribution in [0.15, 0.2) is 34.9 Å². The highest BCUT2D eigenvalue weighted by atomic mass is 79.9. The number of hydrogen-bond acceptors (Lipinski definition) is 3. The first-order valence-corrected chi connectivity index (χ1v) is 7.32. The molecular formula is C14H16BrN5. The summed E-state index contributed by atoms with van der Waals surface area (Å²) in [6, 6.07) is 10.4. The number of halogens is 1. The van der Waals surface area contributed by atoms with Crippen molar-refractivity contribution in [3.63, 3.8) is 0 Å². The zero-order valence-electron chi connectivity index (χ0n) is 11.3. The van der Waals surface area contributed by atoms with Crippen LogP contribution in [0.1, 0.15) is 17.1 Å². The lowest BCUT2D eigenvalue weighted by Crippen LogP contribution is -2.03. The van der Waals surface area contributed by atoms with Gasteiger partial charge in [-0.1, -0.05) is 30.3 Å². The molecule has 5 nitrogen and oxygen atoms in total. The van der Waals surface area contributed by atoms with Gasteiger partial charge in [-0.05, 0) is 27.9 Å². The van der Waals surface area contributed by atoms with E-state index >= 15 is 0 Å². The molecule has 20 heavy (non-hydrogen) atoms. The van der Waals surface area contributed by atoms with Crippen LogP contribution in [0, 0.1) is 0 Å². The van der Waals surface area contributed by atoms with Gasteiger partial charge in [0.1, 0.15) is 10.4 Å². The average molecular weight is 334 g/mol. The molecule has 2 N–H and O–H groups in total. The SMILES string of the molecule is Cn1c(CCc2ccccc2)nn2c(Br)c(CN)nc12. The predicted molar refractivity (Wildman–Crippen MR) is 81.4 cm³/mol. The van der Waals surface area contributed by atoms with Gasteiger partial charge >= 0.3 is 0 Å². The molecule has 0 spiro atoms. The lowest BCUT2D eigenvalue weighted by atomic mass is 10.1. The minimum Gasteiger partial charge on any atom is -0.325 e. The summed E-state index contributed by atoms with van der Waals surface area (Å²) in [4.78, 5) is 4.50. The molecule has 0 atom stereocenters. The number of nitrogens with zero attached hydrogens (tertiary/aromatic N) is 4. The largest absolute Gasteiger partial charge is 0.325 e. The van der Waals surface area contributed by atoms with Gasteiger partial charge in [-0.15, -0.1) is 0 Å². The Morgan fingerprint density at radius 3 is 2.60 bits per heavy atom. The van der Waals surface area contributed by atoms with E-state index < -0.39 is 0 Å². The molecular weight excluding hydrogens is 318 g/mol. The molecule has 0 unspecified atom stereocenters. The van der Waals surface area contributed by atoms with Gasteiger partial charge in [-0.25, -0.2) is 4.98 Å². The van der Waals surface area contributed by atoms with E-state index in [-0.39, 0.29) is 0 Å². The first kappa shape index (κ1) is 13.3. The Balaban J connectivity index is 1.87. The molecule has 0 fully saturated rings. The zero-order valence-corrected chi connectivity index (χ0v) is 12.8. The molecule has 0 bridgehead atoms. The third kappa shape index (κ3) is 2.25. The molecule has 0 aliphatic rings. The monoisotopic (exact) mass is 333 g/mol. The molecule has 2 aromatic heterocycles. The van der Waals surface area contributed by atoms with Crippen LogP contribution in [-0.2, 0) is 26.4 Å². The third-order valence-electron chi connectivity index (χ3n) is 3.42. The van der Waals surface area contributed by atoms with Crippen LogP contribution in [0.4, 0.5) is 0 Å². The van der Waals surface area contributed by atoms with Crippen molar-refractivity contribution in [2.24, 2.45) is 12.8 Å². The number of aromatic nitrogens is 4. The highest BCUT2D eigenvalue weighted by Gasteiger charge is 2.15. The summed E-state index contributed by atoms with van der Waals surface area (Å²) in [5.41, 5.74) is 7.80. The van der Waals surface area contributed by atoms with Crippen molar-refractivity contribution in [1.29, 1.82) is 0 Å². The van der Waals surface area contributed by atoms with Crippen LogP contribution in [0.3, 0.4) is 0 Å². The second-order valence-electron chi connectivity index (χ2n) is 4.73. The van der Waals surface area contributed by atoms with Gasteiger partial charge in [0, 0.05) is 20.0 Å². The fourth-order valence-corrected chi connectivity index (χ4v) is 2.76. The molecule has 0 amide bonds. The van der Waals surface area contributed by atoms with E-state index in [0.717, 1.165) is 34.7 Å². The maximum Gasteiger partial charge on any atom is 0.233 e. The van der Waals surface area contributed by atoms with E-state index in [4.69, 9.17) is 5.73 Å². The molecule has 3 aromatic rings. The van der Waals surface area contributed by atoms with E-state index in [0.29, 0.717) is 6.54 Å². The number of hydrogen-bond donors (Lipinski definition) is 1. The summed E-state index contributed by atoms with van der Waals surface area (Å²) in [5, 5.41) is 4.61. The summed E-state index contributed by atoms with van der Waals surface area (Å²) in [6.45, 7) is 0.406. The Morgan fingerprint density at radius 2 is 1.95 bits per heavy atom. The van der Waals surface area contributed by atoms with Crippen molar-refractivity contribution in [2.75, 3.05) is 0 Å². The predicted octanol–water partition coefficient (Wildman–Crippen LogP) is 2.07. The average Bonchev–Trinajstić information content (AvgIpc) is 2.96. The molecule has 3 rings (SSSR count). The summed E-state index contributed by atoms with van der Waals surface area (Å²) in [5.74, 6) is 1.83. The van der Waals surface area contributed by atoms with Gasteiger partial charge in [-0.3, -0.25) is 4.57 Å². The van der Waals surface area contributed by atoms with Crippen molar-refractivity contribution >= 4 is 21.7 Å². The maximum atomic E-state index is 5.65. The quantitative estimate of drug-likeness (QED) is 0.795. The summed E-state index contributed by atoms with van der Waals surface area (Å²) in [7, 11) is 1.99. The van der Waals surface area contributed by atoms with Crippen LogP contribution >= 0.6 is 15.9 Å². The van der Waals surface area contributed by atoms with Crippen molar-refractivity contribution in [3.05, 3.63) is 52.0 Å². The number of imidazole rings is 1. The van der Waals surface area contributed by atoms with Crippen LogP contribution < -0.4 is 5.73 Å². The molecule has 0 aliphatic heterocycles. The summed E-state index contributed by atoms with van der Waals surface area (Å²) in [6.07, 6.45) is 1.85. The lowest BCUT2D eigenvalue weighted by Gasteiger charge is -2.01. The highest BCUT2D eigenvalue weighted by Crippen LogP contribution is 2.19. The normalized spacial score (nSPS) is 11.3. The number of benzene rings is 1. The van der Waals surface area contributed by atoms with Gasteiger partial charge in [0.25, 0.3) is 0 Å². The first-order chi connectivity index (χ1) is 9.70. The maximum absolute atomic E-state index is 5.65. The van der Waals surface area contributed by atoms with E-state index in [9.17, 15) is 0 Å². The first-order valence-electron chi connectivity index (χ1n) is 6.53. The Labute approximate surface area is 125 Å². The molecule has 2 heterocycles. The van der Waals surface area contributed by atoms with E-state index in [1.54, 1.807) is 0 Å². The van der Waals surface area contributed by atoms with Crippen LogP contribution in [0.2, 0.25) is 0 Å². The van der Waals surface area contributed by atoms with Gasteiger partial charge in [0.05, 0.1) is 5.69 Å². The molecule has 0 aliphatic carbocycles. The Hall–Kier alpha value is -1.66.